The standard InChI is InChI=1S/C14H15ClFNO2/c1-9(18)7-11-3-2-6-17(11)14(19)10-4-5-13(16)12(15)8-10/h4-5,8,11H,2-3,6-7H2,1H3. The van der Waals surface area contributed by atoms with E-state index >= 15 is 0 Å². The van der Waals surface area contributed by atoms with Gasteiger partial charge in [-0.2, -0.15) is 0 Å². The summed E-state index contributed by atoms with van der Waals surface area (Å²) in [5.41, 5.74) is 0.363. The lowest BCUT2D eigenvalue weighted by atomic mass is 10.1. The van der Waals surface area contributed by atoms with Crippen LogP contribution in [0.3, 0.4) is 0 Å². The Hall–Kier alpha value is -1.42. The first-order valence-corrected chi connectivity index (χ1v) is 6.62. The van der Waals surface area contributed by atoms with Crippen LogP contribution < -0.4 is 0 Å². The lowest BCUT2D eigenvalue weighted by Gasteiger charge is -2.24. The van der Waals surface area contributed by atoms with Crippen LogP contribution in [0.2, 0.25) is 5.02 Å². The van der Waals surface area contributed by atoms with Crippen LogP contribution in [0.1, 0.15) is 36.5 Å². The van der Waals surface area contributed by atoms with E-state index < -0.39 is 5.82 Å². The van der Waals surface area contributed by atoms with Crippen LogP contribution in [0.5, 0.6) is 0 Å². The maximum atomic E-state index is 13.1. The Morgan fingerprint density at radius 3 is 2.84 bits per heavy atom. The number of amides is 1. The van der Waals surface area contributed by atoms with Gasteiger partial charge in [0.05, 0.1) is 5.02 Å². The molecule has 1 aliphatic heterocycles. The van der Waals surface area contributed by atoms with Crippen molar-refractivity contribution in [3.05, 3.63) is 34.6 Å². The first-order valence-electron chi connectivity index (χ1n) is 6.24. The van der Waals surface area contributed by atoms with E-state index in [0.29, 0.717) is 18.5 Å². The molecule has 1 amide bonds. The van der Waals surface area contributed by atoms with Crippen LogP contribution in [0, 0.1) is 5.82 Å². The number of carbonyl (C=O) groups excluding carboxylic acids is 2. The van der Waals surface area contributed by atoms with E-state index in [-0.39, 0.29) is 22.8 Å². The van der Waals surface area contributed by atoms with Crippen molar-refractivity contribution in [2.45, 2.75) is 32.2 Å². The third kappa shape index (κ3) is 3.13. The van der Waals surface area contributed by atoms with E-state index in [1.165, 1.54) is 25.1 Å². The van der Waals surface area contributed by atoms with Gasteiger partial charge in [-0.1, -0.05) is 11.6 Å². The second kappa shape index (κ2) is 5.70. The number of ketones is 1. The molecule has 1 aromatic carbocycles. The zero-order chi connectivity index (χ0) is 14.0. The summed E-state index contributed by atoms with van der Waals surface area (Å²) >= 11 is 5.69. The lowest BCUT2D eigenvalue weighted by Crippen LogP contribution is -2.36. The zero-order valence-corrected chi connectivity index (χ0v) is 11.4. The Morgan fingerprint density at radius 2 is 2.21 bits per heavy atom. The van der Waals surface area contributed by atoms with E-state index in [0.717, 1.165) is 12.8 Å². The molecule has 1 atom stereocenters. The molecule has 0 saturated carbocycles. The maximum Gasteiger partial charge on any atom is 0.254 e. The minimum Gasteiger partial charge on any atom is -0.335 e. The molecule has 1 saturated heterocycles. The van der Waals surface area contributed by atoms with Crippen LogP contribution in [-0.2, 0) is 4.79 Å². The van der Waals surface area contributed by atoms with Crippen molar-refractivity contribution < 1.29 is 14.0 Å². The summed E-state index contributed by atoms with van der Waals surface area (Å²) in [6, 6.07) is 3.90. The molecule has 19 heavy (non-hydrogen) atoms. The fourth-order valence-electron chi connectivity index (χ4n) is 2.44. The van der Waals surface area contributed by atoms with E-state index in [2.05, 4.69) is 0 Å². The molecule has 1 aromatic rings. The van der Waals surface area contributed by atoms with Crippen molar-refractivity contribution in [2.75, 3.05) is 6.54 Å². The molecule has 0 radical (unpaired) electrons. The average molecular weight is 284 g/mol. The van der Waals surface area contributed by atoms with E-state index in [1.54, 1.807) is 4.90 Å². The minimum atomic E-state index is -0.542. The van der Waals surface area contributed by atoms with Gasteiger partial charge in [0.15, 0.2) is 0 Å². The summed E-state index contributed by atoms with van der Waals surface area (Å²) in [4.78, 5) is 25.2. The molecule has 102 valence electrons. The molecule has 0 N–H and O–H groups in total. The fourth-order valence-corrected chi connectivity index (χ4v) is 2.62. The van der Waals surface area contributed by atoms with Crippen LogP contribution in [0.4, 0.5) is 4.39 Å². The first-order chi connectivity index (χ1) is 8.99. The monoisotopic (exact) mass is 283 g/mol. The van der Waals surface area contributed by atoms with E-state index in [4.69, 9.17) is 11.6 Å². The zero-order valence-electron chi connectivity index (χ0n) is 10.7. The number of hydrogen-bond acceptors (Lipinski definition) is 2. The van der Waals surface area contributed by atoms with Crippen LogP contribution in [0.25, 0.3) is 0 Å². The maximum absolute atomic E-state index is 13.1. The molecule has 1 aliphatic rings. The van der Waals surface area contributed by atoms with E-state index in [1.807, 2.05) is 0 Å². The third-order valence-corrected chi connectivity index (χ3v) is 3.62. The number of carbonyl (C=O) groups is 2. The van der Waals surface area contributed by atoms with Crippen molar-refractivity contribution in [3.8, 4) is 0 Å². The van der Waals surface area contributed by atoms with Gasteiger partial charge in [-0.05, 0) is 38.0 Å². The van der Waals surface area contributed by atoms with Gasteiger partial charge in [0, 0.05) is 24.6 Å². The highest BCUT2D eigenvalue weighted by Crippen LogP contribution is 2.24. The number of halogens is 2. The summed E-state index contributed by atoms with van der Waals surface area (Å²) < 4.78 is 13.1. The second-order valence-electron chi connectivity index (χ2n) is 4.83. The molecule has 0 aliphatic carbocycles. The Labute approximate surface area is 116 Å². The molecule has 5 heteroatoms. The minimum absolute atomic E-state index is 0.0474. The first kappa shape index (κ1) is 14.0. The smallest absolute Gasteiger partial charge is 0.254 e. The molecule has 1 heterocycles. The van der Waals surface area contributed by atoms with Crippen molar-refractivity contribution in [1.82, 2.24) is 4.90 Å². The van der Waals surface area contributed by atoms with Crippen LogP contribution >= 0.6 is 11.6 Å². The molecular formula is C14H15ClFNO2. The van der Waals surface area contributed by atoms with E-state index in [9.17, 15) is 14.0 Å². The van der Waals surface area contributed by atoms with Gasteiger partial charge >= 0.3 is 0 Å². The number of hydrogen-bond donors (Lipinski definition) is 0. The predicted octanol–water partition coefficient (Wildman–Crippen LogP) is 3.06. The van der Waals surface area contributed by atoms with Gasteiger partial charge in [-0.15, -0.1) is 0 Å². The Bertz CT molecular complexity index is 518. The average Bonchev–Trinajstić information content (AvgIpc) is 2.79. The van der Waals surface area contributed by atoms with Crippen LogP contribution in [0.15, 0.2) is 18.2 Å². The van der Waals surface area contributed by atoms with Gasteiger partial charge < -0.3 is 4.90 Å². The number of rotatable bonds is 3. The van der Waals surface area contributed by atoms with Crippen molar-refractivity contribution in [1.29, 1.82) is 0 Å². The topological polar surface area (TPSA) is 37.4 Å². The van der Waals surface area contributed by atoms with Gasteiger partial charge in [0.2, 0.25) is 0 Å². The quantitative estimate of drug-likeness (QED) is 0.855. The molecule has 3 nitrogen and oxygen atoms in total. The number of Topliss-reactive ketones (excluding diaryl/α,β-unsaturated/α-hetero) is 1. The molecule has 0 aromatic heterocycles. The number of nitrogens with zero attached hydrogens (tertiary/aromatic N) is 1. The Balaban J connectivity index is 2.18. The Morgan fingerprint density at radius 1 is 1.47 bits per heavy atom. The van der Waals surface area contributed by atoms with Crippen molar-refractivity contribution >= 4 is 23.3 Å². The molecular weight excluding hydrogens is 269 g/mol. The van der Waals surface area contributed by atoms with Gasteiger partial charge in [-0.25, -0.2) is 4.39 Å². The summed E-state index contributed by atoms with van der Waals surface area (Å²) in [6.07, 6.45) is 2.10. The predicted molar refractivity (Wildman–Crippen MR) is 70.8 cm³/mol. The van der Waals surface area contributed by atoms with Gasteiger partial charge in [-0.3, -0.25) is 9.59 Å². The largest absolute Gasteiger partial charge is 0.335 e. The van der Waals surface area contributed by atoms with Crippen molar-refractivity contribution in [3.63, 3.8) is 0 Å². The van der Waals surface area contributed by atoms with Crippen LogP contribution in [-0.4, -0.2) is 29.2 Å². The lowest BCUT2D eigenvalue weighted by molar-refractivity contribution is -0.117. The molecule has 0 spiro atoms. The number of benzene rings is 1. The SMILES string of the molecule is CC(=O)CC1CCCN1C(=O)c1ccc(F)c(Cl)c1. The second-order valence-corrected chi connectivity index (χ2v) is 5.24. The number of likely N-dealkylation sites (tertiary alicyclic amines) is 1. The van der Waals surface area contributed by atoms with Gasteiger partial charge in [0.1, 0.15) is 11.6 Å². The summed E-state index contributed by atoms with van der Waals surface area (Å²) in [7, 11) is 0. The van der Waals surface area contributed by atoms with Gasteiger partial charge in [0.25, 0.3) is 5.91 Å². The molecule has 1 unspecified atom stereocenters. The van der Waals surface area contributed by atoms with Crippen molar-refractivity contribution in [2.24, 2.45) is 0 Å². The molecule has 1 fully saturated rings. The Kier molecular flexibility index (Phi) is 4.20. The molecule has 2 rings (SSSR count). The summed E-state index contributed by atoms with van der Waals surface area (Å²) in [6.45, 7) is 2.15. The highest BCUT2D eigenvalue weighted by molar-refractivity contribution is 6.31. The summed E-state index contributed by atoms with van der Waals surface area (Å²) in [5, 5.41) is -0.0619. The summed E-state index contributed by atoms with van der Waals surface area (Å²) in [5.74, 6) is -0.660. The fraction of sp³-hybridized carbons (Fsp3) is 0.429. The molecule has 0 bridgehead atoms. The third-order valence-electron chi connectivity index (χ3n) is 3.33. The highest BCUT2D eigenvalue weighted by atomic mass is 35.5. The highest BCUT2D eigenvalue weighted by Gasteiger charge is 2.30. The normalized spacial score (nSPS) is 18.7.